The fourth-order valence-corrected chi connectivity index (χ4v) is 5.88. The Morgan fingerprint density at radius 3 is 2.21 bits per heavy atom. The lowest BCUT2D eigenvalue weighted by Gasteiger charge is -2.40. The van der Waals surface area contributed by atoms with Crippen LogP contribution >= 0.6 is 11.6 Å². The van der Waals surface area contributed by atoms with E-state index < -0.39 is 20.5 Å². The predicted octanol–water partition coefficient (Wildman–Crippen LogP) is 4.61. The van der Waals surface area contributed by atoms with E-state index in [1.54, 1.807) is 31.2 Å². The van der Waals surface area contributed by atoms with Crippen LogP contribution in [0.3, 0.4) is 0 Å². The number of halogens is 1. The van der Waals surface area contributed by atoms with Gasteiger partial charge in [-0.25, -0.2) is 8.42 Å². The Morgan fingerprint density at radius 2 is 1.61 bits per heavy atom. The normalized spacial score (nSPS) is 19.5. The maximum atomic E-state index is 13.5. The fourth-order valence-electron chi connectivity index (χ4n) is 4.13. The van der Waals surface area contributed by atoms with Gasteiger partial charge in [-0.05, 0) is 47.4 Å². The summed E-state index contributed by atoms with van der Waals surface area (Å²) in [6, 6.07) is 21.1. The monoisotopic (exact) mass is 484 g/mol. The summed E-state index contributed by atoms with van der Waals surface area (Å²) >= 11 is 6.48. The van der Waals surface area contributed by atoms with E-state index >= 15 is 0 Å². The maximum absolute atomic E-state index is 13.5. The van der Waals surface area contributed by atoms with Crippen molar-refractivity contribution in [1.82, 2.24) is 4.31 Å². The van der Waals surface area contributed by atoms with E-state index in [1.807, 2.05) is 30.3 Å². The third kappa shape index (κ3) is 4.43. The molecule has 0 amide bonds. The lowest BCUT2D eigenvalue weighted by Crippen LogP contribution is -2.49. The van der Waals surface area contributed by atoms with E-state index in [9.17, 15) is 23.6 Å². The zero-order chi connectivity index (χ0) is 23.8. The molecule has 7 nitrogen and oxygen atoms in total. The molecule has 0 bridgehead atoms. The molecule has 33 heavy (non-hydrogen) atoms. The molecule has 0 aliphatic carbocycles. The van der Waals surface area contributed by atoms with Crippen LogP contribution in [-0.2, 0) is 10.0 Å². The molecular formula is C24H21ClN2O5S. The van der Waals surface area contributed by atoms with Crippen molar-refractivity contribution in [1.29, 1.82) is 0 Å². The molecule has 0 saturated carbocycles. The number of sulfonamides is 1. The van der Waals surface area contributed by atoms with Gasteiger partial charge in [-0.15, -0.1) is 0 Å². The molecule has 0 unspecified atom stereocenters. The number of β-amino-alcohol motifs (C(OH)–C–C–N with tert-alkyl or cyclic N) is 1. The van der Waals surface area contributed by atoms with Crippen LogP contribution in [0.2, 0.25) is 5.02 Å². The van der Waals surface area contributed by atoms with Gasteiger partial charge in [-0.3, -0.25) is 10.1 Å². The van der Waals surface area contributed by atoms with Crippen LogP contribution in [0.15, 0.2) is 83.8 Å². The molecule has 0 radical (unpaired) electrons. The Balaban J connectivity index is 1.86. The summed E-state index contributed by atoms with van der Waals surface area (Å²) in [6.45, 7) is 1.36. The highest BCUT2D eigenvalue weighted by molar-refractivity contribution is 7.89. The molecule has 0 fully saturated rings. The highest BCUT2D eigenvalue weighted by Crippen LogP contribution is 2.42. The average molecular weight is 485 g/mol. The van der Waals surface area contributed by atoms with Gasteiger partial charge in [0.15, 0.2) is 0 Å². The van der Waals surface area contributed by atoms with Gasteiger partial charge in [0.05, 0.1) is 9.82 Å². The Kier molecular flexibility index (Phi) is 6.11. The molecule has 0 spiro atoms. The first kappa shape index (κ1) is 23.1. The van der Waals surface area contributed by atoms with Crippen molar-refractivity contribution in [3.8, 4) is 0 Å². The van der Waals surface area contributed by atoms with E-state index in [4.69, 9.17) is 11.6 Å². The van der Waals surface area contributed by atoms with Crippen LogP contribution in [0.4, 0.5) is 5.69 Å². The summed E-state index contributed by atoms with van der Waals surface area (Å²) in [7, 11) is -4.06. The summed E-state index contributed by atoms with van der Waals surface area (Å²) < 4.78 is 28.1. The molecule has 1 aliphatic rings. The smallest absolute Gasteiger partial charge is 0.269 e. The van der Waals surface area contributed by atoms with Crippen molar-refractivity contribution in [2.75, 3.05) is 13.1 Å². The van der Waals surface area contributed by atoms with Crippen molar-refractivity contribution in [2.24, 2.45) is 0 Å². The van der Waals surface area contributed by atoms with E-state index in [1.165, 1.54) is 16.4 Å². The second kappa shape index (κ2) is 8.72. The van der Waals surface area contributed by atoms with Crippen LogP contribution in [0.5, 0.6) is 0 Å². The number of nitro benzene ring substituents is 1. The number of non-ortho nitro benzene ring substituents is 1. The van der Waals surface area contributed by atoms with E-state index in [2.05, 4.69) is 0 Å². The van der Waals surface area contributed by atoms with Crippen molar-refractivity contribution < 1.29 is 18.4 Å². The quantitative estimate of drug-likeness (QED) is 0.421. The fraction of sp³-hybridized carbons (Fsp3) is 0.167. The van der Waals surface area contributed by atoms with E-state index in [0.29, 0.717) is 21.7 Å². The zero-order valence-electron chi connectivity index (χ0n) is 17.7. The molecule has 0 aromatic heterocycles. The first-order valence-corrected chi connectivity index (χ1v) is 11.9. The molecular weight excluding hydrogens is 464 g/mol. The van der Waals surface area contributed by atoms with Crippen LogP contribution in [0.25, 0.3) is 11.1 Å². The Hall–Kier alpha value is -3.04. The van der Waals surface area contributed by atoms with Gasteiger partial charge in [0.25, 0.3) is 5.69 Å². The van der Waals surface area contributed by atoms with E-state index in [0.717, 1.165) is 17.7 Å². The molecule has 1 aliphatic heterocycles. The second-order valence-corrected chi connectivity index (χ2v) is 10.3. The Morgan fingerprint density at radius 1 is 1.00 bits per heavy atom. The van der Waals surface area contributed by atoms with Crippen LogP contribution in [0.1, 0.15) is 18.1 Å². The number of hydrogen-bond donors (Lipinski definition) is 1. The van der Waals surface area contributed by atoms with Gasteiger partial charge in [0.2, 0.25) is 10.0 Å². The summed E-state index contributed by atoms with van der Waals surface area (Å²) in [4.78, 5) is 10.3. The number of rotatable bonds is 5. The van der Waals surface area contributed by atoms with Gasteiger partial charge < -0.3 is 5.11 Å². The minimum Gasteiger partial charge on any atom is -0.384 e. The van der Waals surface area contributed by atoms with Crippen LogP contribution in [0, 0.1) is 10.1 Å². The molecule has 3 aromatic carbocycles. The molecule has 9 heteroatoms. The molecule has 1 N–H and O–H groups in total. The predicted molar refractivity (Wildman–Crippen MR) is 127 cm³/mol. The Bertz CT molecular complexity index is 1340. The molecule has 4 rings (SSSR count). The lowest BCUT2D eigenvalue weighted by molar-refractivity contribution is -0.384. The minimum absolute atomic E-state index is 0.0244. The van der Waals surface area contributed by atoms with Crippen molar-refractivity contribution >= 4 is 38.5 Å². The molecule has 1 atom stereocenters. The van der Waals surface area contributed by atoms with Crippen LogP contribution in [-0.4, -0.2) is 41.4 Å². The maximum Gasteiger partial charge on any atom is 0.269 e. The summed E-state index contributed by atoms with van der Waals surface area (Å²) in [6.07, 6.45) is 0. The summed E-state index contributed by atoms with van der Waals surface area (Å²) in [5.41, 5.74) is 0.858. The van der Waals surface area contributed by atoms with Gasteiger partial charge in [0.1, 0.15) is 5.60 Å². The largest absolute Gasteiger partial charge is 0.384 e. The third-order valence-corrected chi connectivity index (χ3v) is 7.74. The number of nitrogens with zero attached hydrogens (tertiary/aromatic N) is 2. The SMILES string of the molecule is C[C@]1(O)CN(S(=O)(=O)c2ccc([N+](=O)[O-])cc2)CC(c2ccccc2Cl)=C1c1ccccc1. The van der Waals surface area contributed by atoms with Gasteiger partial charge in [-0.1, -0.05) is 60.1 Å². The number of aliphatic hydroxyl groups is 1. The van der Waals surface area contributed by atoms with E-state index in [-0.39, 0.29) is 23.7 Å². The summed E-state index contributed by atoms with van der Waals surface area (Å²) in [5.74, 6) is 0. The van der Waals surface area contributed by atoms with Gasteiger partial charge in [-0.2, -0.15) is 4.31 Å². The first-order chi connectivity index (χ1) is 15.6. The number of nitro groups is 1. The zero-order valence-corrected chi connectivity index (χ0v) is 19.3. The van der Waals surface area contributed by atoms with Gasteiger partial charge >= 0.3 is 0 Å². The highest BCUT2D eigenvalue weighted by Gasteiger charge is 2.42. The number of benzene rings is 3. The second-order valence-electron chi connectivity index (χ2n) is 8.00. The Labute approximate surface area is 196 Å². The minimum atomic E-state index is -4.06. The highest BCUT2D eigenvalue weighted by atomic mass is 35.5. The first-order valence-electron chi connectivity index (χ1n) is 10.1. The summed E-state index contributed by atoms with van der Waals surface area (Å²) in [5, 5.41) is 22.9. The number of hydrogen-bond acceptors (Lipinski definition) is 5. The standard InChI is InChI=1S/C24H21ClN2O5S/c1-24(28)16-26(33(31,32)19-13-11-18(12-14-19)27(29)30)15-21(20-9-5-6-10-22(20)25)23(24)17-7-3-2-4-8-17/h2-14,28H,15-16H2,1H3/t24-/m0/s1. The molecule has 0 saturated heterocycles. The average Bonchev–Trinajstić information content (AvgIpc) is 2.79. The van der Waals surface area contributed by atoms with Crippen molar-refractivity contribution in [3.05, 3.63) is 105 Å². The molecule has 1 heterocycles. The lowest BCUT2D eigenvalue weighted by atomic mass is 9.81. The molecule has 3 aromatic rings. The van der Waals surface area contributed by atoms with Crippen molar-refractivity contribution in [3.63, 3.8) is 0 Å². The van der Waals surface area contributed by atoms with Gasteiger partial charge in [0, 0.05) is 30.2 Å². The van der Waals surface area contributed by atoms with Crippen LogP contribution < -0.4 is 0 Å². The third-order valence-electron chi connectivity index (χ3n) is 5.61. The van der Waals surface area contributed by atoms with Crippen molar-refractivity contribution in [2.45, 2.75) is 17.4 Å². The molecule has 170 valence electrons. The topological polar surface area (TPSA) is 101 Å².